The molecule has 1 saturated carbocycles. The number of benzene rings is 1. The van der Waals surface area contributed by atoms with Gasteiger partial charge in [0.15, 0.2) is 11.4 Å². The number of ether oxygens (including phenoxy) is 1. The van der Waals surface area contributed by atoms with Crippen LogP contribution in [0.15, 0.2) is 29.1 Å². The predicted molar refractivity (Wildman–Crippen MR) is 91.3 cm³/mol. The van der Waals surface area contributed by atoms with Gasteiger partial charge in [-0.05, 0) is 18.9 Å². The molecule has 0 amide bonds. The van der Waals surface area contributed by atoms with Crippen molar-refractivity contribution in [3.8, 4) is 11.8 Å². The van der Waals surface area contributed by atoms with E-state index in [1.807, 2.05) is 30.3 Å². The monoisotopic (exact) mass is 324 g/mol. The highest BCUT2D eigenvalue weighted by atomic mass is 16.5. The zero-order valence-electron chi connectivity index (χ0n) is 13.6. The lowest BCUT2D eigenvalue weighted by molar-refractivity contribution is 0.410. The molecule has 3 rings (SSSR count). The van der Waals surface area contributed by atoms with Gasteiger partial charge in [-0.3, -0.25) is 4.79 Å². The van der Waals surface area contributed by atoms with Crippen molar-refractivity contribution in [3.05, 3.63) is 51.6 Å². The Labute approximate surface area is 140 Å². The SMILES string of the molecule is COc1ccccc1Cc1nc(NC2CCCC2)c(C#N)c(=O)[nH]1. The summed E-state index contributed by atoms with van der Waals surface area (Å²) >= 11 is 0. The second-order valence-electron chi connectivity index (χ2n) is 5.96. The van der Waals surface area contributed by atoms with E-state index >= 15 is 0 Å². The Kier molecular flexibility index (Phi) is 4.80. The van der Waals surface area contributed by atoms with Crippen LogP contribution in [-0.4, -0.2) is 23.1 Å². The van der Waals surface area contributed by atoms with Crippen LogP contribution in [-0.2, 0) is 6.42 Å². The van der Waals surface area contributed by atoms with Crippen molar-refractivity contribution in [2.24, 2.45) is 0 Å². The van der Waals surface area contributed by atoms with Crippen LogP contribution in [0.1, 0.15) is 42.6 Å². The van der Waals surface area contributed by atoms with E-state index in [4.69, 9.17) is 4.74 Å². The predicted octanol–water partition coefficient (Wildman–Crippen LogP) is 2.60. The molecule has 1 heterocycles. The molecule has 1 aliphatic rings. The third-order valence-corrected chi connectivity index (χ3v) is 4.33. The summed E-state index contributed by atoms with van der Waals surface area (Å²) < 4.78 is 5.34. The summed E-state index contributed by atoms with van der Waals surface area (Å²) in [6.45, 7) is 0. The van der Waals surface area contributed by atoms with Gasteiger partial charge in [-0.15, -0.1) is 0 Å². The number of nitriles is 1. The normalized spacial score (nSPS) is 14.3. The van der Waals surface area contributed by atoms with Gasteiger partial charge in [0.05, 0.1) is 7.11 Å². The smallest absolute Gasteiger partial charge is 0.271 e. The van der Waals surface area contributed by atoms with Crippen molar-refractivity contribution in [3.63, 3.8) is 0 Å². The molecule has 1 fully saturated rings. The van der Waals surface area contributed by atoms with Crippen molar-refractivity contribution in [2.45, 2.75) is 38.1 Å². The minimum absolute atomic E-state index is 0.0469. The van der Waals surface area contributed by atoms with Crippen molar-refractivity contribution in [2.75, 3.05) is 12.4 Å². The maximum Gasteiger partial charge on any atom is 0.271 e. The number of rotatable bonds is 5. The fourth-order valence-corrected chi connectivity index (χ4v) is 3.10. The molecule has 0 atom stereocenters. The van der Waals surface area contributed by atoms with Crippen LogP contribution in [0.2, 0.25) is 0 Å². The Morgan fingerprint density at radius 2 is 2.12 bits per heavy atom. The Morgan fingerprint density at radius 3 is 2.83 bits per heavy atom. The van der Waals surface area contributed by atoms with Gasteiger partial charge in [-0.1, -0.05) is 31.0 Å². The van der Waals surface area contributed by atoms with Crippen LogP contribution >= 0.6 is 0 Å². The Morgan fingerprint density at radius 1 is 1.38 bits per heavy atom. The molecular formula is C18H20N4O2. The maximum absolute atomic E-state index is 12.2. The highest BCUT2D eigenvalue weighted by Gasteiger charge is 2.19. The molecule has 24 heavy (non-hydrogen) atoms. The number of nitrogens with zero attached hydrogens (tertiary/aromatic N) is 2. The Bertz CT molecular complexity index is 816. The highest BCUT2D eigenvalue weighted by Crippen LogP contribution is 2.23. The topological polar surface area (TPSA) is 90.8 Å². The van der Waals surface area contributed by atoms with Crippen molar-refractivity contribution < 1.29 is 4.74 Å². The molecule has 2 aromatic rings. The average Bonchev–Trinajstić information content (AvgIpc) is 3.08. The number of H-pyrrole nitrogens is 1. The molecule has 2 N–H and O–H groups in total. The van der Waals surface area contributed by atoms with E-state index in [0.29, 0.717) is 18.1 Å². The van der Waals surface area contributed by atoms with E-state index in [1.165, 1.54) is 0 Å². The number of hydrogen-bond acceptors (Lipinski definition) is 5. The average molecular weight is 324 g/mol. The van der Waals surface area contributed by atoms with Gasteiger partial charge >= 0.3 is 0 Å². The van der Waals surface area contributed by atoms with Gasteiger partial charge in [0.2, 0.25) is 0 Å². The first-order valence-corrected chi connectivity index (χ1v) is 8.13. The van der Waals surface area contributed by atoms with Crippen LogP contribution in [0, 0.1) is 11.3 Å². The molecule has 0 unspecified atom stereocenters. The summed E-state index contributed by atoms with van der Waals surface area (Å²) in [5, 5.41) is 12.5. The van der Waals surface area contributed by atoms with Gasteiger partial charge in [-0.25, -0.2) is 4.98 Å². The Hall–Kier alpha value is -2.81. The summed E-state index contributed by atoms with van der Waals surface area (Å²) in [4.78, 5) is 19.4. The number of methoxy groups -OCH3 is 1. The van der Waals surface area contributed by atoms with E-state index in [2.05, 4.69) is 15.3 Å². The first-order valence-electron chi connectivity index (χ1n) is 8.13. The van der Waals surface area contributed by atoms with E-state index < -0.39 is 5.56 Å². The number of aromatic nitrogens is 2. The van der Waals surface area contributed by atoms with E-state index in [1.54, 1.807) is 7.11 Å². The lowest BCUT2D eigenvalue weighted by atomic mass is 10.1. The molecule has 0 spiro atoms. The lowest BCUT2D eigenvalue weighted by Crippen LogP contribution is -2.23. The van der Waals surface area contributed by atoms with E-state index in [-0.39, 0.29) is 11.6 Å². The summed E-state index contributed by atoms with van der Waals surface area (Å²) in [5.74, 6) is 1.65. The summed E-state index contributed by atoms with van der Waals surface area (Å²) in [7, 11) is 1.61. The molecule has 0 saturated heterocycles. The van der Waals surface area contributed by atoms with E-state index in [0.717, 1.165) is 37.0 Å². The quantitative estimate of drug-likeness (QED) is 0.882. The molecule has 0 aliphatic heterocycles. The van der Waals surface area contributed by atoms with E-state index in [9.17, 15) is 10.1 Å². The molecule has 1 aromatic carbocycles. The van der Waals surface area contributed by atoms with Gasteiger partial charge in [0.25, 0.3) is 5.56 Å². The second-order valence-corrected chi connectivity index (χ2v) is 5.96. The zero-order chi connectivity index (χ0) is 16.9. The number of aromatic amines is 1. The molecule has 0 bridgehead atoms. The van der Waals surface area contributed by atoms with Gasteiger partial charge in [0, 0.05) is 18.0 Å². The standard InChI is InChI=1S/C18H20N4O2/c1-24-15-9-5-2-6-12(15)10-16-21-17(14(11-19)18(23)22-16)20-13-7-3-4-8-13/h2,5-6,9,13H,3-4,7-8,10H2,1H3,(H2,20,21,22,23). The molecule has 1 aromatic heterocycles. The minimum atomic E-state index is -0.405. The van der Waals surface area contributed by atoms with Crippen LogP contribution in [0.5, 0.6) is 5.75 Å². The number of nitrogens with one attached hydrogen (secondary N) is 2. The Balaban J connectivity index is 1.92. The van der Waals surface area contributed by atoms with Crippen molar-refractivity contribution >= 4 is 5.82 Å². The van der Waals surface area contributed by atoms with Gasteiger partial charge < -0.3 is 15.0 Å². The summed E-state index contributed by atoms with van der Waals surface area (Å²) in [6, 6.07) is 9.85. The lowest BCUT2D eigenvalue weighted by Gasteiger charge is -2.14. The van der Waals surface area contributed by atoms with Crippen LogP contribution in [0.25, 0.3) is 0 Å². The molecule has 1 aliphatic carbocycles. The third-order valence-electron chi connectivity index (χ3n) is 4.33. The molecule has 6 nitrogen and oxygen atoms in total. The molecule has 124 valence electrons. The van der Waals surface area contributed by atoms with Crippen molar-refractivity contribution in [1.82, 2.24) is 9.97 Å². The minimum Gasteiger partial charge on any atom is -0.496 e. The molecule has 6 heteroatoms. The van der Waals surface area contributed by atoms with Gasteiger partial charge in [-0.2, -0.15) is 5.26 Å². The molecule has 0 radical (unpaired) electrons. The second kappa shape index (κ2) is 7.18. The fraction of sp³-hybridized carbons (Fsp3) is 0.389. The van der Waals surface area contributed by atoms with Crippen LogP contribution in [0.3, 0.4) is 0 Å². The highest BCUT2D eigenvalue weighted by molar-refractivity contribution is 5.51. The van der Waals surface area contributed by atoms with Crippen LogP contribution < -0.4 is 15.6 Å². The first kappa shape index (κ1) is 16.1. The number of hydrogen-bond donors (Lipinski definition) is 2. The first-order chi connectivity index (χ1) is 11.7. The van der Waals surface area contributed by atoms with Gasteiger partial charge in [0.1, 0.15) is 17.6 Å². The largest absolute Gasteiger partial charge is 0.496 e. The summed E-state index contributed by atoms with van der Waals surface area (Å²) in [5.41, 5.74) is 0.572. The maximum atomic E-state index is 12.2. The fourth-order valence-electron chi connectivity index (χ4n) is 3.10. The summed E-state index contributed by atoms with van der Waals surface area (Å²) in [6.07, 6.45) is 4.85. The molecular weight excluding hydrogens is 304 g/mol. The number of anilines is 1. The zero-order valence-corrected chi connectivity index (χ0v) is 13.6. The number of para-hydroxylation sites is 1. The van der Waals surface area contributed by atoms with Crippen molar-refractivity contribution in [1.29, 1.82) is 5.26 Å². The van der Waals surface area contributed by atoms with Crippen LogP contribution in [0.4, 0.5) is 5.82 Å². The third kappa shape index (κ3) is 3.40.